The maximum absolute atomic E-state index is 12.2. The number of anilines is 1. The molecule has 0 atom stereocenters. The summed E-state index contributed by atoms with van der Waals surface area (Å²) in [6.45, 7) is 7.99. The number of carbonyl (C=O) groups is 1. The number of nitrogens with one attached hydrogen (secondary N) is 1. The van der Waals surface area contributed by atoms with Crippen molar-refractivity contribution in [2.45, 2.75) is 19.8 Å². The van der Waals surface area contributed by atoms with Crippen LogP contribution in [-0.4, -0.2) is 71.5 Å². The summed E-state index contributed by atoms with van der Waals surface area (Å²) in [4.78, 5) is 18.7. The normalized spacial score (nSPS) is 18.7. The third-order valence-corrected chi connectivity index (χ3v) is 5.22. The van der Waals surface area contributed by atoms with Crippen molar-refractivity contribution in [1.29, 1.82) is 0 Å². The molecule has 0 spiro atoms. The van der Waals surface area contributed by atoms with E-state index in [2.05, 4.69) is 28.1 Å². The van der Waals surface area contributed by atoms with E-state index in [1.807, 2.05) is 23.1 Å². The van der Waals surface area contributed by atoms with E-state index >= 15 is 0 Å². The van der Waals surface area contributed by atoms with Crippen LogP contribution in [-0.2, 0) is 4.79 Å². The van der Waals surface area contributed by atoms with Gasteiger partial charge in [-0.05, 0) is 43.6 Å². The van der Waals surface area contributed by atoms with Gasteiger partial charge in [-0.25, -0.2) is 0 Å². The minimum absolute atomic E-state index is 0.279. The van der Waals surface area contributed by atoms with Crippen LogP contribution in [0.15, 0.2) is 24.3 Å². The maximum atomic E-state index is 12.2. The molecule has 130 valence electrons. The van der Waals surface area contributed by atoms with E-state index < -0.39 is 0 Å². The van der Waals surface area contributed by atoms with Gasteiger partial charge in [-0.3, -0.25) is 9.69 Å². The number of hydrogen-bond acceptors (Lipinski definition) is 3. The Morgan fingerprint density at radius 1 is 1.04 bits per heavy atom. The Morgan fingerprint density at radius 2 is 1.71 bits per heavy atom. The second-order valence-corrected chi connectivity index (χ2v) is 6.98. The fraction of sp³-hybridized carbons (Fsp3) is 0.556. The van der Waals surface area contributed by atoms with E-state index in [9.17, 15) is 4.79 Å². The minimum Gasteiger partial charge on any atom is -0.346 e. The lowest BCUT2D eigenvalue weighted by molar-refractivity contribution is -0.131. The Balaban J connectivity index is 1.45. The molecule has 2 fully saturated rings. The van der Waals surface area contributed by atoms with Crippen LogP contribution in [0.2, 0.25) is 0 Å². The van der Waals surface area contributed by atoms with Gasteiger partial charge in [0, 0.05) is 45.0 Å². The Labute approximate surface area is 149 Å². The summed E-state index contributed by atoms with van der Waals surface area (Å²) >= 11 is 5.55. The topological polar surface area (TPSA) is 38.8 Å². The van der Waals surface area contributed by atoms with Gasteiger partial charge in [-0.1, -0.05) is 18.2 Å². The Hall–Kier alpha value is -1.66. The molecule has 1 aromatic carbocycles. The third kappa shape index (κ3) is 4.24. The zero-order chi connectivity index (χ0) is 16.9. The lowest BCUT2D eigenvalue weighted by Crippen LogP contribution is -2.52. The lowest BCUT2D eigenvalue weighted by Gasteiger charge is -2.36. The van der Waals surface area contributed by atoms with Crippen LogP contribution in [0.1, 0.15) is 18.4 Å². The van der Waals surface area contributed by atoms with Gasteiger partial charge in [0.15, 0.2) is 5.11 Å². The number of benzene rings is 1. The monoisotopic (exact) mass is 346 g/mol. The maximum Gasteiger partial charge on any atom is 0.236 e. The number of thiocarbonyl (C=S) groups is 1. The molecule has 0 aliphatic carbocycles. The van der Waals surface area contributed by atoms with Gasteiger partial charge < -0.3 is 15.1 Å². The van der Waals surface area contributed by atoms with Crippen LogP contribution in [0.3, 0.4) is 0 Å². The predicted octanol–water partition coefficient (Wildman–Crippen LogP) is 1.93. The summed E-state index contributed by atoms with van der Waals surface area (Å²) in [6, 6.07) is 8.17. The van der Waals surface area contributed by atoms with Crippen LogP contribution in [0.4, 0.5) is 5.69 Å². The molecule has 3 rings (SSSR count). The summed E-state index contributed by atoms with van der Waals surface area (Å²) in [5.74, 6) is 0.279. The summed E-state index contributed by atoms with van der Waals surface area (Å²) in [5.41, 5.74) is 2.25. The largest absolute Gasteiger partial charge is 0.346 e. The fourth-order valence-corrected chi connectivity index (χ4v) is 3.57. The first-order chi connectivity index (χ1) is 11.6. The van der Waals surface area contributed by atoms with Crippen LogP contribution < -0.4 is 5.32 Å². The van der Waals surface area contributed by atoms with Gasteiger partial charge >= 0.3 is 0 Å². The van der Waals surface area contributed by atoms with Crippen molar-refractivity contribution in [3.8, 4) is 0 Å². The highest BCUT2D eigenvalue weighted by Crippen LogP contribution is 2.15. The molecule has 24 heavy (non-hydrogen) atoms. The first-order valence-electron chi connectivity index (χ1n) is 8.75. The molecule has 0 saturated carbocycles. The highest BCUT2D eigenvalue weighted by molar-refractivity contribution is 7.80. The lowest BCUT2D eigenvalue weighted by atomic mass is 10.2. The molecule has 2 saturated heterocycles. The number of aryl methyl sites for hydroxylation is 1. The smallest absolute Gasteiger partial charge is 0.236 e. The quantitative estimate of drug-likeness (QED) is 0.847. The molecule has 1 N–H and O–H groups in total. The number of para-hydroxylation sites is 1. The molecule has 2 aliphatic heterocycles. The number of nitrogens with zero attached hydrogens (tertiary/aromatic N) is 3. The Bertz CT molecular complexity index is 592. The summed E-state index contributed by atoms with van der Waals surface area (Å²) < 4.78 is 0. The predicted molar refractivity (Wildman–Crippen MR) is 101 cm³/mol. The average molecular weight is 347 g/mol. The fourth-order valence-electron chi connectivity index (χ4n) is 3.27. The van der Waals surface area contributed by atoms with Crippen LogP contribution in [0.25, 0.3) is 0 Å². The summed E-state index contributed by atoms with van der Waals surface area (Å²) in [7, 11) is 0. The van der Waals surface area contributed by atoms with Crippen molar-refractivity contribution < 1.29 is 4.79 Å². The Kier molecular flexibility index (Phi) is 5.68. The van der Waals surface area contributed by atoms with E-state index in [0.717, 1.165) is 62.9 Å². The number of rotatable bonds is 3. The molecular formula is C18H26N4OS. The van der Waals surface area contributed by atoms with Gasteiger partial charge in [0.2, 0.25) is 5.91 Å². The second-order valence-electron chi connectivity index (χ2n) is 6.60. The van der Waals surface area contributed by atoms with Crippen LogP contribution in [0.5, 0.6) is 0 Å². The molecule has 1 aromatic rings. The summed E-state index contributed by atoms with van der Waals surface area (Å²) in [5, 5.41) is 4.12. The van der Waals surface area contributed by atoms with Gasteiger partial charge in [-0.15, -0.1) is 0 Å². The van der Waals surface area contributed by atoms with Crippen molar-refractivity contribution >= 4 is 28.9 Å². The van der Waals surface area contributed by atoms with E-state index in [4.69, 9.17) is 12.2 Å². The van der Waals surface area contributed by atoms with E-state index in [1.54, 1.807) is 0 Å². The van der Waals surface area contributed by atoms with Gasteiger partial charge in [0.05, 0.1) is 6.54 Å². The molecule has 1 amide bonds. The molecule has 6 heteroatoms. The molecule has 5 nitrogen and oxygen atoms in total. The number of piperazine rings is 1. The highest BCUT2D eigenvalue weighted by Gasteiger charge is 2.24. The molecule has 2 heterocycles. The zero-order valence-electron chi connectivity index (χ0n) is 14.3. The van der Waals surface area contributed by atoms with Crippen LogP contribution in [0, 0.1) is 6.92 Å². The molecule has 0 unspecified atom stereocenters. The van der Waals surface area contributed by atoms with Crippen molar-refractivity contribution in [1.82, 2.24) is 14.7 Å². The first kappa shape index (κ1) is 17.2. The molecule has 0 radical (unpaired) electrons. The number of carbonyl (C=O) groups excluding carboxylic acids is 1. The van der Waals surface area contributed by atoms with Crippen molar-refractivity contribution in [2.24, 2.45) is 0 Å². The third-order valence-electron chi connectivity index (χ3n) is 4.86. The molecule has 2 aliphatic rings. The van der Waals surface area contributed by atoms with E-state index in [1.165, 1.54) is 5.56 Å². The van der Waals surface area contributed by atoms with E-state index in [-0.39, 0.29) is 5.91 Å². The van der Waals surface area contributed by atoms with Crippen molar-refractivity contribution in [3.05, 3.63) is 29.8 Å². The van der Waals surface area contributed by atoms with Crippen LogP contribution >= 0.6 is 12.2 Å². The van der Waals surface area contributed by atoms with E-state index in [0.29, 0.717) is 6.54 Å². The molecular weight excluding hydrogens is 320 g/mol. The van der Waals surface area contributed by atoms with Gasteiger partial charge in [0.25, 0.3) is 0 Å². The average Bonchev–Trinajstić information content (AvgIpc) is 3.12. The van der Waals surface area contributed by atoms with Crippen molar-refractivity contribution in [3.63, 3.8) is 0 Å². The number of likely N-dealkylation sites (tertiary alicyclic amines) is 1. The molecule has 0 bridgehead atoms. The molecule has 0 aromatic heterocycles. The highest BCUT2D eigenvalue weighted by atomic mass is 32.1. The number of amides is 1. The second kappa shape index (κ2) is 7.94. The first-order valence-corrected chi connectivity index (χ1v) is 9.16. The summed E-state index contributed by atoms with van der Waals surface area (Å²) in [6.07, 6.45) is 2.30. The Morgan fingerprint density at radius 3 is 2.38 bits per heavy atom. The standard InChI is InChI=1S/C18H26N4OS/c1-15-6-2-3-7-16(15)19-18(24)22-12-10-20(11-13-22)14-17(23)21-8-4-5-9-21/h2-3,6-7H,4-5,8-14H2,1H3,(H,19,24). The van der Waals surface area contributed by atoms with Gasteiger partial charge in [0.1, 0.15) is 0 Å². The zero-order valence-corrected chi connectivity index (χ0v) is 15.1. The SMILES string of the molecule is Cc1ccccc1NC(=S)N1CCN(CC(=O)N2CCCC2)CC1. The number of hydrogen-bond donors (Lipinski definition) is 1. The minimum atomic E-state index is 0.279. The van der Waals surface area contributed by atoms with Crippen molar-refractivity contribution in [2.75, 3.05) is 51.1 Å². The van der Waals surface area contributed by atoms with Gasteiger partial charge in [-0.2, -0.15) is 0 Å².